The molecule has 9 aromatic carbocycles. The lowest BCUT2D eigenvalue weighted by Gasteiger charge is -2.19. The maximum atomic E-state index is 6.45. The van der Waals surface area contributed by atoms with E-state index in [1.165, 1.54) is 65.7 Å². The fraction of sp³-hybridized carbons (Fsp3) is 0. The van der Waals surface area contributed by atoms with Crippen molar-refractivity contribution in [2.75, 3.05) is 0 Å². The van der Waals surface area contributed by atoms with E-state index in [4.69, 9.17) is 4.42 Å². The second-order valence-corrected chi connectivity index (χ2v) is 12.8. The summed E-state index contributed by atoms with van der Waals surface area (Å²) in [5, 5.41) is 9.86. The van der Waals surface area contributed by atoms with Gasteiger partial charge in [0.15, 0.2) is 0 Å². The smallest absolute Gasteiger partial charge is 0.143 e. The summed E-state index contributed by atoms with van der Waals surface area (Å²) in [6.45, 7) is 0. The van der Waals surface area contributed by atoms with Gasteiger partial charge in [0.05, 0.1) is 0 Å². The van der Waals surface area contributed by atoms with Gasteiger partial charge in [-0.1, -0.05) is 176 Å². The van der Waals surface area contributed by atoms with Crippen molar-refractivity contribution in [2.24, 2.45) is 0 Å². The van der Waals surface area contributed by atoms with Crippen LogP contribution in [0.15, 0.2) is 186 Å². The lowest BCUT2D eigenvalue weighted by Crippen LogP contribution is -1.92. The minimum absolute atomic E-state index is 0.915. The van der Waals surface area contributed by atoms with Gasteiger partial charge in [0, 0.05) is 16.3 Å². The van der Waals surface area contributed by atoms with Crippen molar-refractivity contribution in [3.63, 3.8) is 0 Å². The number of fused-ring (bicyclic) bond motifs is 6. The zero-order valence-corrected chi connectivity index (χ0v) is 26.7. The molecule has 1 nitrogen and oxygen atoms in total. The predicted molar refractivity (Wildman–Crippen MR) is 208 cm³/mol. The number of hydrogen-bond acceptors (Lipinski definition) is 1. The molecule has 10 rings (SSSR count). The molecule has 1 heteroatoms. The van der Waals surface area contributed by atoms with Crippen LogP contribution in [0.2, 0.25) is 0 Å². The molecule has 0 radical (unpaired) electrons. The highest BCUT2D eigenvalue weighted by Gasteiger charge is 2.19. The fourth-order valence-electron chi connectivity index (χ4n) is 7.92. The van der Waals surface area contributed by atoms with E-state index in [1.807, 2.05) is 12.1 Å². The van der Waals surface area contributed by atoms with E-state index in [2.05, 4.69) is 170 Å². The largest absolute Gasteiger partial charge is 0.455 e. The summed E-state index contributed by atoms with van der Waals surface area (Å²) in [6.07, 6.45) is 0. The van der Waals surface area contributed by atoms with Gasteiger partial charge in [0.2, 0.25) is 0 Å². The van der Waals surface area contributed by atoms with Gasteiger partial charge in [-0.25, -0.2) is 0 Å². The molecule has 1 heterocycles. The van der Waals surface area contributed by atoms with Gasteiger partial charge in [-0.05, 0) is 77.3 Å². The number of benzene rings is 9. The van der Waals surface area contributed by atoms with Crippen LogP contribution < -0.4 is 0 Å². The van der Waals surface area contributed by atoms with Crippen LogP contribution in [0.25, 0.3) is 98.8 Å². The van der Waals surface area contributed by atoms with Crippen molar-refractivity contribution in [1.82, 2.24) is 0 Å². The van der Waals surface area contributed by atoms with Crippen LogP contribution in [0.4, 0.5) is 0 Å². The fourth-order valence-corrected chi connectivity index (χ4v) is 7.92. The first-order chi connectivity index (χ1) is 24.3. The van der Waals surface area contributed by atoms with Gasteiger partial charge >= 0.3 is 0 Å². The van der Waals surface area contributed by atoms with E-state index in [9.17, 15) is 0 Å². The van der Waals surface area contributed by atoms with Crippen molar-refractivity contribution < 1.29 is 4.42 Å². The van der Waals surface area contributed by atoms with Gasteiger partial charge in [-0.3, -0.25) is 0 Å². The monoisotopic (exact) mass is 622 g/mol. The first-order valence-corrected chi connectivity index (χ1v) is 16.9. The highest BCUT2D eigenvalue weighted by atomic mass is 16.3. The Bertz CT molecular complexity index is 2810. The van der Waals surface area contributed by atoms with Gasteiger partial charge in [0.25, 0.3) is 0 Å². The third kappa shape index (κ3) is 4.33. The molecule has 0 N–H and O–H groups in total. The lowest BCUT2D eigenvalue weighted by atomic mass is 9.84. The molecule has 0 saturated heterocycles. The molecule has 0 bridgehead atoms. The average molecular weight is 623 g/mol. The standard InChI is InChI=1S/C48H30O/c1-2-16-35-31(13-1)14-11-23-38(35)47-41-21-7-5-19-39(41)46(40-20-6-8-22-42(40)47)33-29-27-32(28-30-33)34-15-3-4-17-36(34)43-24-12-25-44-37-18-9-10-26-45(37)49-48(43)44/h1-30H. The first-order valence-electron chi connectivity index (χ1n) is 16.9. The van der Waals surface area contributed by atoms with Crippen LogP contribution >= 0.6 is 0 Å². The summed E-state index contributed by atoms with van der Waals surface area (Å²) in [4.78, 5) is 0. The van der Waals surface area contributed by atoms with Gasteiger partial charge in [0.1, 0.15) is 11.2 Å². The van der Waals surface area contributed by atoms with E-state index in [0.717, 1.165) is 33.1 Å². The number of furan rings is 1. The van der Waals surface area contributed by atoms with E-state index in [1.54, 1.807) is 0 Å². The molecule has 0 unspecified atom stereocenters. The van der Waals surface area contributed by atoms with Crippen LogP contribution in [0.1, 0.15) is 0 Å². The lowest BCUT2D eigenvalue weighted by molar-refractivity contribution is 0.670. The Balaban J connectivity index is 1.15. The van der Waals surface area contributed by atoms with Crippen LogP contribution in [0, 0.1) is 0 Å². The molecule has 0 amide bonds. The molecule has 10 aromatic rings. The van der Waals surface area contributed by atoms with Crippen molar-refractivity contribution in [2.45, 2.75) is 0 Å². The normalized spacial score (nSPS) is 11.7. The third-order valence-electron chi connectivity index (χ3n) is 10.1. The highest BCUT2D eigenvalue weighted by Crippen LogP contribution is 2.46. The molecule has 1 aromatic heterocycles. The zero-order valence-electron chi connectivity index (χ0n) is 26.7. The molecule has 0 spiro atoms. The predicted octanol–water partition coefficient (Wildman–Crippen LogP) is 13.7. The quantitative estimate of drug-likeness (QED) is 0.178. The van der Waals surface area contributed by atoms with Crippen molar-refractivity contribution >= 4 is 54.3 Å². The number of hydrogen-bond donors (Lipinski definition) is 0. The SMILES string of the molecule is c1ccc(-c2cccc3c2oc2ccccc23)c(-c2ccc(-c3c4ccccc4c(-c4cccc5ccccc45)c4ccccc34)cc2)c1. The van der Waals surface area contributed by atoms with E-state index < -0.39 is 0 Å². The molecule has 49 heavy (non-hydrogen) atoms. The zero-order chi connectivity index (χ0) is 32.3. The molecule has 228 valence electrons. The van der Waals surface area contributed by atoms with Crippen molar-refractivity contribution in [3.8, 4) is 44.5 Å². The summed E-state index contributed by atoms with van der Waals surface area (Å²) in [6, 6.07) is 65.7. The molecule has 0 atom stereocenters. The van der Waals surface area contributed by atoms with Crippen LogP contribution in [-0.2, 0) is 0 Å². The molecule has 0 aliphatic carbocycles. The molecule has 0 aliphatic heterocycles. The Labute approximate surface area is 284 Å². The maximum absolute atomic E-state index is 6.45. The summed E-state index contributed by atoms with van der Waals surface area (Å²) in [5.74, 6) is 0. The van der Waals surface area contributed by atoms with Gasteiger partial charge < -0.3 is 4.42 Å². The Morgan fingerprint density at radius 2 is 0.735 bits per heavy atom. The molecular formula is C48H30O. The van der Waals surface area contributed by atoms with E-state index in [-0.39, 0.29) is 0 Å². The second kappa shape index (κ2) is 11.1. The molecule has 0 aliphatic rings. The molecule has 0 fully saturated rings. The second-order valence-electron chi connectivity index (χ2n) is 12.8. The highest BCUT2D eigenvalue weighted by molar-refractivity contribution is 6.23. The summed E-state index contributed by atoms with van der Waals surface area (Å²) in [5.41, 5.74) is 11.5. The van der Waals surface area contributed by atoms with E-state index >= 15 is 0 Å². The van der Waals surface area contributed by atoms with Crippen molar-refractivity contribution in [1.29, 1.82) is 0 Å². The Kier molecular flexibility index (Phi) is 6.25. The Hall–Kier alpha value is -6.44. The number of para-hydroxylation sites is 2. The number of rotatable bonds is 4. The minimum atomic E-state index is 0.915. The molecule has 0 saturated carbocycles. The van der Waals surface area contributed by atoms with Gasteiger partial charge in [-0.2, -0.15) is 0 Å². The third-order valence-corrected chi connectivity index (χ3v) is 10.1. The van der Waals surface area contributed by atoms with Crippen molar-refractivity contribution in [3.05, 3.63) is 182 Å². The van der Waals surface area contributed by atoms with Crippen LogP contribution in [0.5, 0.6) is 0 Å². The summed E-state index contributed by atoms with van der Waals surface area (Å²) < 4.78 is 6.45. The van der Waals surface area contributed by atoms with Crippen LogP contribution in [-0.4, -0.2) is 0 Å². The summed E-state index contributed by atoms with van der Waals surface area (Å²) in [7, 11) is 0. The molecular weight excluding hydrogens is 593 g/mol. The average Bonchev–Trinajstić information content (AvgIpc) is 3.56. The Morgan fingerprint density at radius 3 is 1.47 bits per heavy atom. The maximum Gasteiger partial charge on any atom is 0.143 e. The Morgan fingerprint density at radius 1 is 0.265 bits per heavy atom. The summed E-state index contributed by atoms with van der Waals surface area (Å²) >= 11 is 0. The van der Waals surface area contributed by atoms with Gasteiger partial charge in [-0.15, -0.1) is 0 Å². The van der Waals surface area contributed by atoms with Crippen LogP contribution in [0.3, 0.4) is 0 Å². The first kappa shape index (κ1) is 27.7. The topological polar surface area (TPSA) is 13.1 Å². The van der Waals surface area contributed by atoms with E-state index in [0.29, 0.717) is 0 Å². The minimum Gasteiger partial charge on any atom is -0.455 e.